The predicted molar refractivity (Wildman–Crippen MR) is 81.6 cm³/mol. The summed E-state index contributed by atoms with van der Waals surface area (Å²) in [7, 11) is 0. The molecule has 0 saturated heterocycles. The van der Waals surface area contributed by atoms with Gasteiger partial charge in [-0.15, -0.1) is 11.8 Å². The van der Waals surface area contributed by atoms with Crippen LogP contribution < -0.4 is 0 Å². The molecule has 0 atom stereocenters. The van der Waals surface area contributed by atoms with Crippen molar-refractivity contribution < 1.29 is 9.90 Å². The average Bonchev–Trinajstić information content (AvgIpc) is 3.05. The Labute approximate surface area is 129 Å². The molecular weight excluding hydrogens is 312 g/mol. The van der Waals surface area contributed by atoms with Crippen molar-refractivity contribution in [1.29, 1.82) is 0 Å². The van der Waals surface area contributed by atoms with Crippen LogP contribution in [0.4, 0.5) is 0 Å². The van der Waals surface area contributed by atoms with E-state index in [0.29, 0.717) is 11.0 Å². The average molecular weight is 323 g/mol. The van der Waals surface area contributed by atoms with Crippen molar-refractivity contribution in [2.45, 2.75) is 11.8 Å². The zero-order valence-electron chi connectivity index (χ0n) is 11.0. The fraction of sp³-hybridized carbons (Fsp3) is 0.154. The third-order valence-corrected chi connectivity index (χ3v) is 4.23. The number of rotatable bonds is 4. The molecule has 3 aromatic rings. The van der Waals surface area contributed by atoms with Gasteiger partial charge in [-0.1, -0.05) is 18.5 Å². The predicted octanol–water partition coefficient (Wildman–Crippen LogP) is 3.21. The number of carboxylic acids is 1. The Hall–Kier alpha value is -1.99. The van der Waals surface area contributed by atoms with E-state index >= 15 is 0 Å². The van der Waals surface area contributed by atoms with Gasteiger partial charge in [0, 0.05) is 11.1 Å². The molecular formula is C13H11ClN4O2S. The highest BCUT2D eigenvalue weighted by molar-refractivity contribution is 7.99. The molecule has 2 N–H and O–H groups in total. The first-order valence-corrected chi connectivity index (χ1v) is 7.55. The van der Waals surface area contributed by atoms with E-state index < -0.39 is 5.97 Å². The summed E-state index contributed by atoms with van der Waals surface area (Å²) in [6.07, 6.45) is 2.68. The maximum atomic E-state index is 10.9. The van der Waals surface area contributed by atoms with Gasteiger partial charge in [-0.3, -0.25) is 0 Å². The summed E-state index contributed by atoms with van der Waals surface area (Å²) in [5.74, 6) is 0.346. The van der Waals surface area contributed by atoms with E-state index in [1.54, 1.807) is 11.8 Å². The first-order valence-electron chi connectivity index (χ1n) is 6.19. The number of aromatic nitrogens is 4. The van der Waals surface area contributed by atoms with Crippen molar-refractivity contribution in [2.75, 3.05) is 5.75 Å². The molecule has 0 amide bonds. The maximum absolute atomic E-state index is 10.9. The molecule has 0 aliphatic carbocycles. The molecule has 0 unspecified atom stereocenters. The Morgan fingerprint density at radius 2 is 2.33 bits per heavy atom. The minimum absolute atomic E-state index is 0.107. The zero-order valence-corrected chi connectivity index (χ0v) is 12.6. The van der Waals surface area contributed by atoms with E-state index in [-0.39, 0.29) is 5.56 Å². The van der Waals surface area contributed by atoms with Crippen LogP contribution in [-0.4, -0.2) is 36.6 Å². The van der Waals surface area contributed by atoms with Gasteiger partial charge in [0.05, 0.1) is 27.8 Å². The number of aromatic carboxylic acids is 1. The van der Waals surface area contributed by atoms with Crippen molar-refractivity contribution >= 4 is 40.4 Å². The molecule has 108 valence electrons. The summed E-state index contributed by atoms with van der Waals surface area (Å²) < 4.78 is 1.39. The second-order valence-corrected chi connectivity index (χ2v) is 5.98. The van der Waals surface area contributed by atoms with Gasteiger partial charge in [0.25, 0.3) is 0 Å². The third-order valence-electron chi connectivity index (χ3n) is 2.87. The number of carboxylic acid groups (broad SMARTS) is 1. The minimum atomic E-state index is -1.03. The molecule has 8 heteroatoms. The summed E-state index contributed by atoms with van der Waals surface area (Å²) in [6, 6.07) is 3.72. The molecule has 0 fully saturated rings. The molecule has 3 rings (SSSR count). The van der Waals surface area contributed by atoms with Gasteiger partial charge in [0.2, 0.25) is 5.95 Å². The summed E-state index contributed by atoms with van der Waals surface area (Å²) in [4.78, 5) is 19.3. The van der Waals surface area contributed by atoms with Crippen molar-refractivity contribution in [1.82, 2.24) is 19.7 Å². The number of carbonyl (C=O) groups is 1. The Morgan fingerprint density at radius 3 is 3.00 bits per heavy atom. The van der Waals surface area contributed by atoms with E-state index in [2.05, 4.69) is 22.0 Å². The van der Waals surface area contributed by atoms with E-state index in [1.807, 2.05) is 12.1 Å². The molecule has 0 spiro atoms. The number of hydrogen-bond acceptors (Lipinski definition) is 4. The molecule has 2 heterocycles. The van der Waals surface area contributed by atoms with Gasteiger partial charge in [0.1, 0.15) is 0 Å². The largest absolute Gasteiger partial charge is 0.478 e. The molecule has 0 radical (unpaired) electrons. The molecule has 6 nitrogen and oxygen atoms in total. The van der Waals surface area contributed by atoms with E-state index in [4.69, 9.17) is 16.7 Å². The Balaban J connectivity index is 2.05. The fourth-order valence-electron chi connectivity index (χ4n) is 1.92. The molecule has 0 bridgehead atoms. The molecule has 0 saturated carbocycles. The number of nitrogens with zero attached hydrogens (tertiary/aromatic N) is 3. The van der Waals surface area contributed by atoms with E-state index in [0.717, 1.165) is 21.7 Å². The van der Waals surface area contributed by atoms with Crippen molar-refractivity contribution in [3.05, 3.63) is 35.1 Å². The second kappa shape index (κ2) is 5.42. The standard InChI is InChI=1S/C13H11ClN4O2S/c1-2-21-11-4-10-9(3-8(11)14)16-13(17-10)18-6-7(5-15-18)12(19)20/h3-6H,2H2,1H3,(H,16,17)(H,19,20). The SMILES string of the molecule is CCSc1cc2nc(-n3cc(C(=O)O)cn3)[nH]c2cc1Cl. The van der Waals surface area contributed by atoms with Crippen LogP contribution in [-0.2, 0) is 0 Å². The van der Waals surface area contributed by atoms with Crippen LogP contribution >= 0.6 is 23.4 Å². The lowest BCUT2D eigenvalue weighted by Crippen LogP contribution is -1.97. The van der Waals surface area contributed by atoms with Gasteiger partial charge < -0.3 is 10.1 Å². The monoisotopic (exact) mass is 322 g/mol. The summed E-state index contributed by atoms with van der Waals surface area (Å²) >= 11 is 7.86. The lowest BCUT2D eigenvalue weighted by atomic mass is 10.3. The van der Waals surface area contributed by atoms with Gasteiger partial charge in [-0.2, -0.15) is 5.10 Å². The summed E-state index contributed by atoms with van der Waals surface area (Å²) in [5, 5.41) is 13.6. The highest BCUT2D eigenvalue weighted by Crippen LogP contribution is 2.30. The van der Waals surface area contributed by atoms with Crippen LogP contribution in [0.5, 0.6) is 0 Å². The van der Waals surface area contributed by atoms with Crippen molar-refractivity contribution in [3.8, 4) is 5.95 Å². The summed E-state index contributed by atoms with van der Waals surface area (Å²) in [5.41, 5.74) is 1.65. The number of H-pyrrole nitrogens is 1. The van der Waals surface area contributed by atoms with Crippen LogP contribution in [0.2, 0.25) is 5.02 Å². The Kier molecular flexibility index (Phi) is 3.60. The van der Waals surface area contributed by atoms with Crippen LogP contribution in [0.25, 0.3) is 17.0 Å². The van der Waals surface area contributed by atoms with Crippen molar-refractivity contribution in [3.63, 3.8) is 0 Å². The molecule has 1 aromatic carbocycles. The lowest BCUT2D eigenvalue weighted by Gasteiger charge is -2.00. The zero-order chi connectivity index (χ0) is 15.0. The normalized spacial score (nSPS) is 11.1. The smallest absolute Gasteiger partial charge is 0.338 e. The van der Waals surface area contributed by atoms with Gasteiger partial charge >= 0.3 is 5.97 Å². The minimum Gasteiger partial charge on any atom is -0.478 e. The van der Waals surface area contributed by atoms with Crippen LogP contribution in [0.1, 0.15) is 17.3 Å². The van der Waals surface area contributed by atoms with E-state index in [1.165, 1.54) is 17.1 Å². The number of benzene rings is 1. The fourth-order valence-corrected chi connectivity index (χ4v) is 2.95. The molecule has 2 aromatic heterocycles. The molecule has 21 heavy (non-hydrogen) atoms. The van der Waals surface area contributed by atoms with Crippen LogP contribution in [0.3, 0.4) is 0 Å². The lowest BCUT2D eigenvalue weighted by molar-refractivity contribution is 0.0697. The topological polar surface area (TPSA) is 83.8 Å². The number of aromatic amines is 1. The number of thioether (sulfide) groups is 1. The number of fused-ring (bicyclic) bond motifs is 1. The number of hydrogen-bond donors (Lipinski definition) is 2. The molecule has 0 aliphatic heterocycles. The highest BCUT2D eigenvalue weighted by Gasteiger charge is 2.12. The first kappa shape index (κ1) is 14.0. The van der Waals surface area contributed by atoms with Crippen LogP contribution in [0.15, 0.2) is 29.4 Å². The number of halogens is 1. The van der Waals surface area contributed by atoms with Crippen molar-refractivity contribution in [2.24, 2.45) is 0 Å². The van der Waals surface area contributed by atoms with E-state index in [9.17, 15) is 4.79 Å². The quantitative estimate of drug-likeness (QED) is 0.720. The first-order chi connectivity index (χ1) is 10.1. The van der Waals surface area contributed by atoms with Gasteiger partial charge in [-0.25, -0.2) is 14.5 Å². The van der Waals surface area contributed by atoms with Crippen LogP contribution in [0, 0.1) is 0 Å². The van der Waals surface area contributed by atoms with Gasteiger partial charge in [0.15, 0.2) is 0 Å². The highest BCUT2D eigenvalue weighted by atomic mass is 35.5. The Bertz CT molecular complexity index is 827. The third kappa shape index (κ3) is 2.62. The summed E-state index contributed by atoms with van der Waals surface area (Å²) in [6.45, 7) is 2.05. The number of imidazole rings is 1. The Morgan fingerprint density at radius 1 is 1.52 bits per heavy atom. The number of nitrogens with one attached hydrogen (secondary N) is 1. The molecule has 0 aliphatic rings. The maximum Gasteiger partial charge on any atom is 0.338 e. The van der Waals surface area contributed by atoms with Gasteiger partial charge in [-0.05, 0) is 17.9 Å². The second-order valence-electron chi connectivity index (χ2n) is 4.27.